The molecule has 1 aromatic carbocycles. The number of hydrogen-bond acceptors (Lipinski definition) is 3. The van der Waals surface area contributed by atoms with Crippen molar-refractivity contribution in [1.82, 2.24) is 9.78 Å². The largest absolute Gasteiger partial charge is 0.275 e. The standard InChI is InChI=1S/C12H11N3S/c1-9-3-4-10(6-13)12(5-9)16-11-7-14-15(2)8-11/h3-5,7-8H,1-2H3. The van der Waals surface area contributed by atoms with Crippen molar-refractivity contribution in [1.29, 1.82) is 5.26 Å². The molecule has 80 valence electrons. The maximum Gasteiger partial charge on any atom is 0.100 e. The zero-order valence-corrected chi connectivity index (χ0v) is 9.95. The predicted molar refractivity (Wildman–Crippen MR) is 63.2 cm³/mol. The zero-order valence-electron chi connectivity index (χ0n) is 9.14. The molecule has 0 spiro atoms. The van der Waals surface area contributed by atoms with Crippen molar-refractivity contribution >= 4 is 11.8 Å². The molecule has 0 saturated carbocycles. The number of nitrogens with zero attached hydrogens (tertiary/aromatic N) is 3. The number of rotatable bonds is 2. The Hall–Kier alpha value is -1.73. The lowest BCUT2D eigenvalue weighted by Gasteiger charge is -2.02. The van der Waals surface area contributed by atoms with Crippen LogP contribution in [0.4, 0.5) is 0 Å². The maximum absolute atomic E-state index is 9.01. The SMILES string of the molecule is Cc1ccc(C#N)c(Sc2cnn(C)c2)c1. The van der Waals surface area contributed by atoms with Crippen LogP contribution in [0.25, 0.3) is 0 Å². The van der Waals surface area contributed by atoms with Crippen LogP contribution in [0.5, 0.6) is 0 Å². The van der Waals surface area contributed by atoms with Gasteiger partial charge in [-0.05, 0) is 24.6 Å². The highest BCUT2D eigenvalue weighted by atomic mass is 32.2. The molecule has 0 amide bonds. The molecule has 16 heavy (non-hydrogen) atoms. The van der Waals surface area contributed by atoms with Crippen LogP contribution in [0.3, 0.4) is 0 Å². The average molecular weight is 229 g/mol. The van der Waals surface area contributed by atoms with Crippen LogP contribution in [0.15, 0.2) is 40.4 Å². The summed E-state index contributed by atoms with van der Waals surface area (Å²) < 4.78 is 1.75. The molecule has 4 heteroatoms. The lowest BCUT2D eigenvalue weighted by molar-refractivity contribution is 0.766. The van der Waals surface area contributed by atoms with E-state index in [0.29, 0.717) is 5.56 Å². The average Bonchev–Trinajstić information content (AvgIpc) is 2.64. The Labute approximate surface area is 98.7 Å². The molecule has 0 aliphatic heterocycles. The smallest absolute Gasteiger partial charge is 0.100 e. The lowest BCUT2D eigenvalue weighted by atomic mass is 10.2. The van der Waals surface area contributed by atoms with Crippen molar-refractivity contribution in [3.63, 3.8) is 0 Å². The van der Waals surface area contributed by atoms with E-state index in [2.05, 4.69) is 11.2 Å². The van der Waals surface area contributed by atoms with E-state index in [1.165, 1.54) is 0 Å². The Morgan fingerprint density at radius 1 is 1.44 bits per heavy atom. The number of hydrogen-bond donors (Lipinski definition) is 0. The Balaban J connectivity index is 2.34. The summed E-state index contributed by atoms with van der Waals surface area (Å²) in [4.78, 5) is 2.03. The maximum atomic E-state index is 9.01. The fourth-order valence-corrected chi connectivity index (χ4v) is 2.41. The van der Waals surface area contributed by atoms with E-state index in [4.69, 9.17) is 5.26 Å². The summed E-state index contributed by atoms with van der Waals surface area (Å²) in [6.07, 6.45) is 3.74. The van der Waals surface area contributed by atoms with Crippen LogP contribution >= 0.6 is 11.8 Å². The molecular weight excluding hydrogens is 218 g/mol. The van der Waals surface area contributed by atoms with Gasteiger partial charge in [-0.15, -0.1) is 0 Å². The molecular formula is C12H11N3S. The second kappa shape index (κ2) is 4.42. The summed E-state index contributed by atoms with van der Waals surface area (Å²) in [5.74, 6) is 0. The molecule has 0 atom stereocenters. The monoisotopic (exact) mass is 229 g/mol. The minimum Gasteiger partial charge on any atom is -0.275 e. The third-order valence-corrected chi connectivity index (χ3v) is 3.17. The number of aromatic nitrogens is 2. The minimum absolute atomic E-state index is 0.708. The Morgan fingerprint density at radius 3 is 2.88 bits per heavy atom. The van der Waals surface area contributed by atoms with E-state index < -0.39 is 0 Å². The molecule has 3 nitrogen and oxygen atoms in total. The number of benzene rings is 1. The first-order chi connectivity index (χ1) is 7.69. The Kier molecular flexibility index (Phi) is 2.97. The summed E-state index contributed by atoms with van der Waals surface area (Å²) >= 11 is 1.57. The molecule has 0 aliphatic rings. The molecule has 0 aliphatic carbocycles. The van der Waals surface area contributed by atoms with Crippen molar-refractivity contribution in [2.75, 3.05) is 0 Å². The number of aryl methyl sites for hydroxylation is 2. The van der Waals surface area contributed by atoms with Crippen LogP contribution < -0.4 is 0 Å². The van der Waals surface area contributed by atoms with Crippen molar-refractivity contribution in [2.24, 2.45) is 7.05 Å². The second-order valence-electron chi connectivity index (χ2n) is 3.56. The molecule has 0 radical (unpaired) electrons. The molecule has 0 fully saturated rings. The van der Waals surface area contributed by atoms with Gasteiger partial charge < -0.3 is 0 Å². The first-order valence-corrected chi connectivity index (χ1v) is 5.68. The van der Waals surface area contributed by atoms with E-state index in [0.717, 1.165) is 15.4 Å². The molecule has 1 aromatic heterocycles. The quantitative estimate of drug-likeness (QED) is 0.795. The molecule has 0 N–H and O–H groups in total. The van der Waals surface area contributed by atoms with Crippen molar-refractivity contribution in [2.45, 2.75) is 16.7 Å². The molecule has 2 rings (SSSR count). The van der Waals surface area contributed by atoms with Crippen molar-refractivity contribution in [3.05, 3.63) is 41.7 Å². The van der Waals surface area contributed by atoms with Gasteiger partial charge in [-0.2, -0.15) is 10.4 Å². The van der Waals surface area contributed by atoms with Gasteiger partial charge in [0.05, 0.1) is 16.7 Å². The van der Waals surface area contributed by atoms with Crippen LogP contribution in [0.1, 0.15) is 11.1 Å². The predicted octanol–water partition coefficient (Wildman–Crippen LogP) is 2.75. The van der Waals surface area contributed by atoms with Gasteiger partial charge in [0.1, 0.15) is 6.07 Å². The normalized spacial score (nSPS) is 10.1. The van der Waals surface area contributed by atoms with Gasteiger partial charge in [0, 0.05) is 18.1 Å². The fraction of sp³-hybridized carbons (Fsp3) is 0.167. The van der Waals surface area contributed by atoms with Crippen LogP contribution in [0.2, 0.25) is 0 Å². The van der Waals surface area contributed by atoms with Gasteiger partial charge in [-0.25, -0.2) is 0 Å². The highest BCUT2D eigenvalue weighted by Crippen LogP contribution is 2.30. The van der Waals surface area contributed by atoms with E-state index in [1.54, 1.807) is 22.6 Å². The highest BCUT2D eigenvalue weighted by Gasteiger charge is 2.05. The Morgan fingerprint density at radius 2 is 2.25 bits per heavy atom. The van der Waals surface area contributed by atoms with E-state index in [-0.39, 0.29) is 0 Å². The van der Waals surface area contributed by atoms with Gasteiger partial charge in [0.15, 0.2) is 0 Å². The second-order valence-corrected chi connectivity index (χ2v) is 4.68. The molecule has 1 heterocycles. The minimum atomic E-state index is 0.708. The summed E-state index contributed by atoms with van der Waals surface area (Å²) in [7, 11) is 1.88. The third kappa shape index (κ3) is 2.26. The van der Waals surface area contributed by atoms with Gasteiger partial charge >= 0.3 is 0 Å². The summed E-state index contributed by atoms with van der Waals surface area (Å²) in [5, 5.41) is 13.1. The van der Waals surface area contributed by atoms with E-state index >= 15 is 0 Å². The van der Waals surface area contributed by atoms with Crippen LogP contribution in [-0.2, 0) is 7.05 Å². The summed E-state index contributed by atoms with van der Waals surface area (Å²) in [5.41, 5.74) is 1.87. The third-order valence-electron chi connectivity index (χ3n) is 2.17. The Bertz CT molecular complexity index is 552. The van der Waals surface area contributed by atoms with Gasteiger partial charge in [-0.3, -0.25) is 4.68 Å². The van der Waals surface area contributed by atoms with Crippen molar-refractivity contribution < 1.29 is 0 Å². The zero-order chi connectivity index (χ0) is 11.5. The van der Waals surface area contributed by atoms with Gasteiger partial charge in [0.2, 0.25) is 0 Å². The molecule has 0 bridgehead atoms. The van der Waals surface area contributed by atoms with Crippen LogP contribution in [0, 0.1) is 18.3 Å². The van der Waals surface area contributed by atoms with E-state index in [1.807, 2.05) is 38.4 Å². The molecule has 0 saturated heterocycles. The highest BCUT2D eigenvalue weighted by molar-refractivity contribution is 7.99. The summed E-state index contributed by atoms with van der Waals surface area (Å²) in [6, 6.07) is 8.03. The fourth-order valence-electron chi connectivity index (χ4n) is 1.38. The van der Waals surface area contributed by atoms with Crippen LogP contribution in [-0.4, -0.2) is 9.78 Å². The first-order valence-electron chi connectivity index (χ1n) is 4.86. The van der Waals surface area contributed by atoms with Gasteiger partial charge in [-0.1, -0.05) is 17.8 Å². The lowest BCUT2D eigenvalue weighted by Crippen LogP contribution is -1.84. The van der Waals surface area contributed by atoms with E-state index in [9.17, 15) is 0 Å². The van der Waals surface area contributed by atoms with Gasteiger partial charge in [0.25, 0.3) is 0 Å². The molecule has 0 unspecified atom stereocenters. The first kappa shape index (κ1) is 10.8. The molecule has 2 aromatic rings. The summed E-state index contributed by atoms with van der Waals surface area (Å²) in [6.45, 7) is 2.02. The topological polar surface area (TPSA) is 41.6 Å². The van der Waals surface area contributed by atoms with Crippen molar-refractivity contribution in [3.8, 4) is 6.07 Å². The number of nitriles is 1.